The van der Waals surface area contributed by atoms with E-state index in [0.717, 1.165) is 23.7 Å². The minimum atomic E-state index is 0.375. The third-order valence-electron chi connectivity index (χ3n) is 7.47. The molecule has 16 heavy (non-hydrogen) atoms. The Morgan fingerprint density at radius 2 is 1.81 bits per heavy atom. The molecule has 5 aliphatic rings. The van der Waals surface area contributed by atoms with Gasteiger partial charge in [-0.05, 0) is 53.8 Å². The molecule has 0 aromatic rings. The van der Waals surface area contributed by atoms with Crippen LogP contribution in [0.2, 0.25) is 0 Å². The summed E-state index contributed by atoms with van der Waals surface area (Å²) >= 11 is 0. The van der Waals surface area contributed by atoms with Crippen LogP contribution in [0, 0.1) is 39.9 Å². The van der Waals surface area contributed by atoms with Crippen molar-refractivity contribution >= 4 is 0 Å². The SMILES string of the molecule is CC1(C)CCC[C@@]2(C)[C@@H]3C[C@H]4[C@@H]([C@@H]31)[C@]42CO. The molecule has 5 aliphatic carbocycles. The van der Waals surface area contributed by atoms with Crippen molar-refractivity contribution in [1.82, 2.24) is 0 Å². The van der Waals surface area contributed by atoms with Crippen LogP contribution in [0.4, 0.5) is 0 Å². The number of aliphatic hydroxyl groups is 1. The van der Waals surface area contributed by atoms with Gasteiger partial charge in [0, 0.05) is 12.0 Å². The van der Waals surface area contributed by atoms with Crippen LogP contribution in [0.15, 0.2) is 0 Å². The fourth-order valence-corrected chi connectivity index (χ4v) is 6.88. The summed E-state index contributed by atoms with van der Waals surface area (Å²) in [6.07, 6.45) is 5.62. The number of hydrogen-bond donors (Lipinski definition) is 1. The van der Waals surface area contributed by atoms with Crippen molar-refractivity contribution in [3.05, 3.63) is 0 Å². The minimum Gasteiger partial charge on any atom is -0.396 e. The predicted molar refractivity (Wildman–Crippen MR) is 63.8 cm³/mol. The molecule has 0 aromatic carbocycles. The molecule has 0 heterocycles. The van der Waals surface area contributed by atoms with Crippen molar-refractivity contribution in [3.8, 4) is 0 Å². The van der Waals surface area contributed by atoms with Gasteiger partial charge in [0.25, 0.3) is 0 Å². The van der Waals surface area contributed by atoms with Gasteiger partial charge < -0.3 is 5.11 Å². The largest absolute Gasteiger partial charge is 0.396 e. The second kappa shape index (κ2) is 2.39. The highest BCUT2D eigenvalue weighted by Gasteiger charge is 2.88. The van der Waals surface area contributed by atoms with Crippen molar-refractivity contribution in [1.29, 1.82) is 0 Å². The van der Waals surface area contributed by atoms with Gasteiger partial charge in [0.05, 0.1) is 0 Å². The molecule has 6 bridgehead atoms. The molecule has 5 rings (SSSR count). The van der Waals surface area contributed by atoms with Crippen LogP contribution < -0.4 is 0 Å². The predicted octanol–water partition coefficient (Wildman–Crippen LogP) is 3.08. The van der Waals surface area contributed by atoms with Crippen LogP contribution in [-0.4, -0.2) is 11.7 Å². The first-order valence-electron chi connectivity index (χ1n) is 7.10. The summed E-state index contributed by atoms with van der Waals surface area (Å²) in [5.74, 6) is 3.65. The Morgan fingerprint density at radius 3 is 2.50 bits per heavy atom. The van der Waals surface area contributed by atoms with Crippen molar-refractivity contribution in [2.45, 2.75) is 46.5 Å². The molecule has 0 saturated heterocycles. The van der Waals surface area contributed by atoms with E-state index < -0.39 is 0 Å². The third kappa shape index (κ3) is 0.698. The van der Waals surface area contributed by atoms with Gasteiger partial charge in [0.1, 0.15) is 0 Å². The molecular formula is C15H24O. The minimum absolute atomic E-state index is 0.375. The topological polar surface area (TPSA) is 20.2 Å². The summed E-state index contributed by atoms with van der Waals surface area (Å²) in [5, 5.41) is 9.94. The van der Waals surface area contributed by atoms with E-state index >= 15 is 0 Å². The molecule has 0 unspecified atom stereocenters. The van der Waals surface area contributed by atoms with Crippen molar-refractivity contribution in [2.75, 3.05) is 6.61 Å². The van der Waals surface area contributed by atoms with Gasteiger partial charge in [-0.3, -0.25) is 0 Å². The lowest BCUT2D eigenvalue weighted by atomic mass is 9.69. The van der Waals surface area contributed by atoms with E-state index in [1.807, 2.05) is 0 Å². The first-order chi connectivity index (χ1) is 7.49. The second-order valence-electron chi connectivity index (χ2n) is 7.96. The standard InChI is InChI=1S/C15H24O/c1-13(2)5-4-6-14(3)9-7-10-12(11(9)13)15(10,14)8-16/h9-12,16H,4-8H2,1-3H3/t9-,10+,11-,12+,14+,15+/m1/s1. The molecule has 1 nitrogen and oxygen atoms in total. The van der Waals surface area contributed by atoms with Crippen molar-refractivity contribution in [3.63, 3.8) is 0 Å². The van der Waals surface area contributed by atoms with Gasteiger partial charge in [0.2, 0.25) is 0 Å². The molecule has 1 N–H and O–H groups in total. The van der Waals surface area contributed by atoms with E-state index in [4.69, 9.17) is 0 Å². The fraction of sp³-hybridized carbons (Fsp3) is 1.00. The molecule has 6 atom stereocenters. The van der Waals surface area contributed by atoms with E-state index in [1.165, 1.54) is 25.7 Å². The molecule has 5 saturated carbocycles. The molecule has 0 aliphatic heterocycles. The zero-order valence-electron chi connectivity index (χ0n) is 10.8. The Labute approximate surface area is 98.6 Å². The second-order valence-corrected chi connectivity index (χ2v) is 7.96. The highest BCUT2D eigenvalue weighted by Crippen LogP contribution is 2.91. The van der Waals surface area contributed by atoms with E-state index in [9.17, 15) is 5.11 Å². The van der Waals surface area contributed by atoms with E-state index in [-0.39, 0.29) is 0 Å². The van der Waals surface area contributed by atoms with Crippen LogP contribution in [-0.2, 0) is 0 Å². The number of hydrogen-bond acceptors (Lipinski definition) is 1. The summed E-state index contributed by atoms with van der Waals surface area (Å²) in [4.78, 5) is 0. The summed E-state index contributed by atoms with van der Waals surface area (Å²) < 4.78 is 0. The van der Waals surface area contributed by atoms with Crippen LogP contribution in [0.5, 0.6) is 0 Å². The summed E-state index contributed by atoms with van der Waals surface area (Å²) in [5.41, 5.74) is 1.41. The zero-order chi connectivity index (χ0) is 11.3. The van der Waals surface area contributed by atoms with E-state index in [2.05, 4.69) is 20.8 Å². The number of rotatable bonds is 1. The average Bonchev–Trinajstić information content (AvgIpc) is 2.52. The maximum atomic E-state index is 9.94. The van der Waals surface area contributed by atoms with Gasteiger partial charge >= 0.3 is 0 Å². The zero-order valence-corrected chi connectivity index (χ0v) is 10.8. The van der Waals surface area contributed by atoms with Gasteiger partial charge in [0.15, 0.2) is 0 Å². The Morgan fingerprint density at radius 1 is 1.06 bits per heavy atom. The first kappa shape index (κ1) is 9.94. The van der Waals surface area contributed by atoms with Crippen LogP contribution in [0.3, 0.4) is 0 Å². The lowest BCUT2D eigenvalue weighted by Crippen LogP contribution is -2.32. The van der Waals surface area contributed by atoms with E-state index in [0.29, 0.717) is 22.9 Å². The van der Waals surface area contributed by atoms with Crippen LogP contribution in [0.25, 0.3) is 0 Å². The Bertz CT molecular complexity index is 360. The summed E-state index contributed by atoms with van der Waals surface area (Å²) in [7, 11) is 0. The van der Waals surface area contributed by atoms with Crippen molar-refractivity contribution < 1.29 is 5.11 Å². The van der Waals surface area contributed by atoms with Crippen LogP contribution >= 0.6 is 0 Å². The smallest absolute Gasteiger partial charge is 0.0498 e. The molecule has 0 radical (unpaired) electrons. The highest BCUT2D eigenvalue weighted by atomic mass is 16.3. The van der Waals surface area contributed by atoms with Gasteiger partial charge in [-0.15, -0.1) is 0 Å². The maximum absolute atomic E-state index is 9.94. The molecular weight excluding hydrogens is 196 g/mol. The molecule has 5 fully saturated rings. The summed E-state index contributed by atoms with van der Waals surface area (Å²) in [6.45, 7) is 7.96. The fourth-order valence-electron chi connectivity index (χ4n) is 6.88. The lowest BCUT2D eigenvalue weighted by Gasteiger charge is -2.36. The first-order valence-corrected chi connectivity index (χ1v) is 7.10. The molecule has 0 amide bonds. The monoisotopic (exact) mass is 220 g/mol. The highest BCUT2D eigenvalue weighted by molar-refractivity contribution is 5.35. The average molecular weight is 220 g/mol. The Hall–Kier alpha value is -0.0400. The van der Waals surface area contributed by atoms with Crippen LogP contribution in [0.1, 0.15) is 46.5 Å². The van der Waals surface area contributed by atoms with E-state index in [1.54, 1.807) is 0 Å². The molecule has 0 spiro atoms. The maximum Gasteiger partial charge on any atom is 0.0498 e. The lowest BCUT2D eigenvalue weighted by molar-refractivity contribution is 0.0731. The molecule has 90 valence electrons. The molecule has 1 heteroatoms. The summed E-state index contributed by atoms with van der Waals surface area (Å²) in [6, 6.07) is 0. The number of aliphatic hydroxyl groups excluding tert-OH is 1. The quantitative estimate of drug-likeness (QED) is 0.720. The Kier molecular flexibility index (Phi) is 1.48. The van der Waals surface area contributed by atoms with Gasteiger partial charge in [-0.1, -0.05) is 27.2 Å². The van der Waals surface area contributed by atoms with Gasteiger partial charge in [-0.2, -0.15) is 0 Å². The normalized spacial score (nSPS) is 64.5. The third-order valence-corrected chi connectivity index (χ3v) is 7.47. The van der Waals surface area contributed by atoms with Crippen molar-refractivity contribution in [2.24, 2.45) is 39.9 Å². The molecule has 0 aromatic heterocycles. The van der Waals surface area contributed by atoms with Gasteiger partial charge in [-0.25, -0.2) is 0 Å². The Balaban J connectivity index is 1.88.